The van der Waals surface area contributed by atoms with Crippen LogP contribution in [0.1, 0.15) is 0 Å². The summed E-state index contributed by atoms with van der Waals surface area (Å²) in [5, 5.41) is 9.62. The third-order valence-electron chi connectivity index (χ3n) is 6.49. The summed E-state index contributed by atoms with van der Waals surface area (Å²) in [6.45, 7) is 3.72. The van der Waals surface area contributed by atoms with Crippen molar-refractivity contribution in [2.24, 2.45) is 0 Å². The number of nitrogens with zero attached hydrogens (tertiary/aromatic N) is 8. The van der Waals surface area contributed by atoms with Crippen molar-refractivity contribution in [1.82, 2.24) is 34.3 Å². The Labute approximate surface area is 211 Å². The smallest absolute Gasteiger partial charge is 0.225 e. The molecule has 0 bridgehead atoms. The summed E-state index contributed by atoms with van der Waals surface area (Å²) in [7, 11) is -1.54. The molecule has 5 heterocycles. The van der Waals surface area contributed by atoms with Gasteiger partial charge in [0.2, 0.25) is 11.8 Å². The van der Waals surface area contributed by atoms with Crippen LogP contribution < -0.4 is 10.6 Å². The molecular formula is C23H23F2N9O2S. The Morgan fingerprint density at radius 2 is 1.89 bits per heavy atom. The molecule has 2 N–H and O–H groups in total. The van der Waals surface area contributed by atoms with Crippen molar-refractivity contribution in [3.63, 3.8) is 0 Å². The van der Waals surface area contributed by atoms with Crippen LogP contribution in [0.2, 0.25) is 0 Å². The number of fused-ring (bicyclic) bond motifs is 3. The summed E-state index contributed by atoms with van der Waals surface area (Å²) in [6, 6.07) is 5.69. The standard InChI is InChI=1S/C23H23F2N9O2S/c1-37(35)19-12-17(15(24)11-16(19)25)32-7-4-31(5-8-32)6-9-33-21-14(13-27-33)22-28-20(18-3-2-10-36-18)30-34(22)23(26)29-21/h2-3,10-13H,4-9H2,1H3,(H2,26,29)/t37-/m1/s1. The van der Waals surface area contributed by atoms with Crippen LogP contribution >= 0.6 is 0 Å². The highest BCUT2D eigenvalue weighted by molar-refractivity contribution is 7.84. The van der Waals surface area contributed by atoms with Crippen molar-refractivity contribution in [1.29, 1.82) is 0 Å². The first-order valence-corrected chi connectivity index (χ1v) is 13.2. The molecule has 0 spiro atoms. The lowest BCUT2D eigenvalue weighted by atomic mass is 10.2. The zero-order chi connectivity index (χ0) is 25.7. The van der Waals surface area contributed by atoms with Gasteiger partial charge in [-0.2, -0.15) is 14.6 Å². The number of piperazine rings is 1. The second-order valence-electron chi connectivity index (χ2n) is 8.74. The third kappa shape index (κ3) is 4.21. The fraction of sp³-hybridized carbons (Fsp3) is 0.304. The quantitative estimate of drug-likeness (QED) is 0.354. The Bertz CT molecular complexity index is 1620. The number of aromatic nitrogens is 6. The van der Waals surface area contributed by atoms with E-state index >= 15 is 0 Å². The van der Waals surface area contributed by atoms with Gasteiger partial charge in [0.05, 0.1) is 45.8 Å². The van der Waals surface area contributed by atoms with Crippen molar-refractivity contribution < 1.29 is 17.4 Å². The van der Waals surface area contributed by atoms with Crippen molar-refractivity contribution in [3.8, 4) is 11.6 Å². The first kappa shape index (κ1) is 23.5. The summed E-state index contributed by atoms with van der Waals surface area (Å²) in [5.74, 6) is -0.310. The number of rotatable bonds is 6. The molecule has 1 atom stereocenters. The predicted molar refractivity (Wildman–Crippen MR) is 134 cm³/mol. The molecule has 192 valence electrons. The Morgan fingerprint density at radius 3 is 2.62 bits per heavy atom. The van der Waals surface area contributed by atoms with Gasteiger partial charge in [-0.05, 0) is 18.2 Å². The maximum atomic E-state index is 14.4. The van der Waals surface area contributed by atoms with Crippen LogP contribution in [0, 0.1) is 11.6 Å². The van der Waals surface area contributed by atoms with E-state index in [0.29, 0.717) is 62.1 Å². The van der Waals surface area contributed by atoms with Crippen LogP contribution in [0.3, 0.4) is 0 Å². The van der Waals surface area contributed by atoms with Gasteiger partial charge in [0.25, 0.3) is 0 Å². The molecule has 1 fully saturated rings. The van der Waals surface area contributed by atoms with E-state index < -0.39 is 22.4 Å². The minimum atomic E-state index is -1.54. The first-order chi connectivity index (χ1) is 17.9. The average molecular weight is 528 g/mol. The Kier molecular flexibility index (Phi) is 5.83. The van der Waals surface area contributed by atoms with Crippen LogP contribution in [0.5, 0.6) is 0 Å². The van der Waals surface area contributed by atoms with E-state index in [1.165, 1.54) is 16.8 Å². The molecule has 0 amide bonds. The molecule has 11 nitrogen and oxygen atoms in total. The normalized spacial score (nSPS) is 15.7. The maximum absolute atomic E-state index is 14.4. The molecule has 1 aliphatic heterocycles. The zero-order valence-electron chi connectivity index (χ0n) is 19.8. The Morgan fingerprint density at radius 1 is 1.08 bits per heavy atom. The summed E-state index contributed by atoms with van der Waals surface area (Å²) >= 11 is 0. The highest BCUT2D eigenvalue weighted by atomic mass is 32.2. The van der Waals surface area contributed by atoms with Gasteiger partial charge in [-0.1, -0.05) is 0 Å². The SMILES string of the molecule is C[S@@](=O)c1cc(N2CCN(CCn3ncc4c3nc(N)n3nc(-c5ccco5)nc43)CC2)c(F)cc1F. The summed E-state index contributed by atoms with van der Waals surface area (Å²) in [6.07, 6.45) is 4.63. The van der Waals surface area contributed by atoms with Crippen LogP contribution in [0.25, 0.3) is 28.3 Å². The first-order valence-electron chi connectivity index (χ1n) is 11.6. The van der Waals surface area contributed by atoms with Crippen LogP contribution in [-0.2, 0) is 17.3 Å². The maximum Gasteiger partial charge on any atom is 0.225 e. The number of anilines is 2. The summed E-state index contributed by atoms with van der Waals surface area (Å²) in [5.41, 5.74) is 7.59. The fourth-order valence-corrected chi connectivity index (χ4v) is 5.17. The molecule has 4 aromatic heterocycles. The molecule has 37 heavy (non-hydrogen) atoms. The van der Waals surface area contributed by atoms with Gasteiger partial charge >= 0.3 is 0 Å². The number of hydrogen-bond acceptors (Lipinski definition) is 9. The fourth-order valence-electron chi connectivity index (χ4n) is 4.56. The van der Waals surface area contributed by atoms with Crippen molar-refractivity contribution >= 4 is 39.1 Å². The lowest BCUT2D eigenvalue weighted by Crippen LogP contribution is -2.47. The molecule has 5 aromatic rings. The highest BCUT2D eigenvalue weighted by Gasteiger charge is 2.23. The van der Waals surface area contributed by atoms with Gasteiger partial charge < -0.3 is 15.1 Å². The molecule has 0 unspecified atom stereocenters. The minimum Gasteiger partial charge on any atom is -0.461 e. The Balaban J connectivity index is 1.16. The summed E-state index contributed by atoms with van der Waals surface area (Å²) < 4.78 is 48.8. The molecule has 0 radical (unpaired) electrons. The Hall–Kier alpha value is -3.91. The number of nitrogen functional groups attached to an aromatic ring is 1. The average Bonchev–Trinajstić information content (AvgIpc) is 3.63. The lowest BCUT2D eigenvalue weighted by Gasteiger charge is -2.36. The second kappa shape index (κ2) is 9.19. The van der Waals surface area contributed by atoms with Crippen LogP contribution in [0.15, 0.2) is 46.0 Å². The van der Waals surface area contributed by atoms with E-state index in [1.54, 1.807) is 29.3 Å². The molecule has 6 rings (SSSR count). The summed E-state index contributed by atoms with van der Waals surface area (Å²) in [4.78, 5) is 13.2. The van der Waals surface area contributed by atoms with Crippen LogP contribution in [-0.4, -0.2) is 77.5 Å². The lowest BCUT2D eigenvalue weighted by molar-refractivity contribution is 0.245. The predicted octanol–water partition coefficient (Wildman–Crippen LogP) is 2.15. The number of nitrogens with two attached hydrogens (primary N) is 1. The molecule has 14 heteroatoms. The molecule has 1 aliphatic rings. The molecule has 0 aliphatic carbocycles. The largest absolute Gasteiger partial charge is 0.461 e. The monoisotopic (exact) mass is 527 g/mol. The second-order valence-corrected chi connectivity index (χ2v) is 10.1. The van der Waals surface area contributed by atoms with Gasteiger partial charge in [0.1, 0.15) is 11.6 Å². The van der Waals surface area contributed by atoms with Gasteiger partial charge in [-0.25, -0.2) is 18.4 Å². The zero-order valence-corrected chi connectivity index (χ0v) is 20.7. The van der Waals surface area contributed by atoms with Crippen molar-refractivity contribution in [3.05, 3.63) is 48.4 Å². The number of furan rings is 1. The highest BCUT2D eigenvalue weighted by Crippen LogP contribution is 2.27. The molecule has 1 aromatic carbocycles. The van der Waals surface area contributed by atoms with Gasteiger partial charge in [0, 0.05) is 45.0 Å². The van der Waals surface area contributed by atoms with Crippen molar-refractivity contribution in [2.45, 2.75) is 11.4 Å². The van der Waals surface area contributed by atoms with Gasteiger partial charge in [0.15, 0.2) is 17.1 Å². The topological polar surface area (TPSA) is 124 Å². The van der Waals surface area contributed by atoms with Crippen LogP contribution in [0.4, 0.5) is 20.4 Å². The number of benzene rings is 1. The minimum absolute atomic E-state index is 0.00854. The van der Waals surface area contributed by atoms with E-state index in [4.69, 9.17) is 10.2 Å². The van der Waals surface area contributed by atoms with E-state index in [-0.39, 0.29) is 16.5 Å². The molecule has 0 saturated carbocycles. The number of hydrogen-bond donors (Lipinski definition) is 1. The molecular weight excluding hydrogens is 504 g/mol. The van der Waals surface area contributed by atoms with Crippen molar-refractivity contribution in [2.75, 3.05) is 49.6 Å². The van der Waals surface area contributed by atoms with E-state index in [0.717, 1.165) is 11.5 Å². The van der Waals surface area contributed by atoms with Gasteiger partial charge in [-0.3, -0.25) is 9.11 Å². The van der Waals surface area contributed by atoms with Gasteiger partial charge in [-0.15, -0.1) is 5.10 Å². The molecule has 1 saturated heterocycles. The third-order valence-corrected chi connectivity index (χ3v) is 7.42. The van der Waals surface area contributed by atoms with E-state index in [1.807, 2.05) is 4.90 Å². The van der Waals surface area contributed by atoms with E-state index in [2.05, 4.69) is 25.1 Å². The number of halogens is 2. The van der Waals surface area contributed by atoms with E-state index in [9.17, 15) is 13.0 Å².